The van der Waals surface area contributed by atoms with Crippen molar-refractivity contribution in [2.75, 3.05) is 13.7 Å². The Balaban J connectivity index is 4.20. The van der Waals surface area contributed by atoms with Crippen LogP contribution in [0.15, 0.2) is 0 Å². The number of rotatable bonds is 5. The largest absolute Gasteiger partial charge is 0.468 e. The minimum Gasteiger partial charge on any atom is -0.468 e. The van der Waals surface area contributed by atoms with Crippen molar-refractivity contribution in [2.45, 2.75) is 46.3 Å². The zero-order valence-electron chi connectivity index (χ0n) is 12.6. The first-order valence-electron chi connectivity index (χ1n) is 6.38. The van der Waals surface area contributed by atoms with Crippen LogP contribution in [0.25, 0.3) is 0 Å². The zero-order chi connectivity index (χ0) is 15.2. The topological polar surface area (TPSA) is 90.6 Å². The van der Waals surface area contributed by atoms with E-state index in [1.165, 1.54) is 7.11 Å². The molecule has 0 saturated heterocycles. The van der Waals surface area contributed by atoms with Gasteiger partial charge in [0.1, 0.15) is 11.6 Å². The molecule has 112 valence electrons. The molecule has 0 radical (unpaired) electrons. The second kappa shape index (κ2) is 7.33. The Labute approximate surface area is 115 Å². The number of nitrogens with one attached hydrogen (secondary N) is 1. The number of nitrogens with two attached hydrogens (primary N) is 1. The van der Waals surface area contributed by atoms with Crippen LogP contribution in [0.4, 0.5) is 4.79 Å². The molecule has 0 fully saturated rings. The molecule has 0 aliphatic rings. The number of hydrogen-bond acceptors (Lipinski definition) is 5. The molecule has 3 N–H and O–H groups in total. The van der Waals surface area contributed by atoms with Gasteiger partial charge in [-0.2, -0.15) is 0 Å². The molecule has 0 aromatic rings. The number of ether oxygens (including phenoxy) is 2. The summed E-state index contributed by atoms with van der Waals surface area (Å²) in [5, 5.41) is 2.66. The minimum absolute atomic E-state index is 0.0293. The number of alkyl carbamates (subject to hydrolysis) is 1. The normalized spacial score (nSPS) is 16.2. The lowest BCUT2D eigenvalue weighted by molar-refractivity contribution is -0.143. The second-order valence-electron chi connectivity index (χ2n) is 5.77. The molecular weight excluding hydrogens is 248 g/mol. The van der Waals surface area contributed by atoms with Crippen molar-refractivity contribution in [1.82, 2.24) is 5.32 Å². The Morgan fingerprint density at radius 1 is 1.26 bits per heavy atom. The second-order valence-corrected chi connectivity index (χ2v) is 5.77. The number of amides is 1. The van der Waals surface area contributed by atoms with Crippen LogP contribution in [0.5, 0.6) is 0 Å². The van der Waals surface area contributed by atoms with Crippen LogP contribution in [0.1, 0.15) is 34.6 Å². The average molecular weight is 274 g/mol. The third kappa shape index (κ3) is 7.00. The van der Waals surface area contributed by atoms with E-state index < -0.39 is 23.7 Å². The average Bonchev–Trinajstić information content (AvgIpc) is 2.30. The smallest absolute Gasteiger partial charge is 0.407 e. The molecular formula is C13H26N2O4. The fourth-order valence-corrected chi connectivity index (χ4v) is 1.45. The lowest BCUT2D eigenvalue weighted by atomic mass is 9.89. The van der Waals surface area contributed by atoms with Gasteiger partial charge in [-0.05, 0) is 32.6 Å². The van der Waals surface area contributed by atoms with Crippen molar-refractivity contribution < 1.29 is 19.1 Å². The van der Waals surface area contributed by atoms with Crippen LogP contribution in [0, 0.1) is 11.8 Å². The molecule has 0 aromatic heterocycles. The SMILES string of the molecule is COC(=O)C(N)C(C)C(C)CNC(=O)OC(C)(C)C. The first-order valence-corrected chi connectivity index (χ1v) is 6.38. The number of esters is 1. The van der Waals surface area contributed by atoms with Gasteiger partial charge >= 0.3 is 12.1 Å². The third-order valence-electron chi connectivity index (χ3n) is 2.90. The van der Waals surface area contributed by atoms with Gasteiger partial charge in [0.05, 0.1) is 7.11 Å². The molecule has 3 atom stereocenters. The Morgan fingerprint density at radius 3 is 2.21 bits per heavy atom. The maximum Gasteiger partial charge on any atom is 0.407 e. The predicted octanol–water partition coefficient (Wildman–Crippen LogP) is 1.28. The zero-order valence-corrected chi connectivity index (χ0v) is 12.6. The highest BCUT2D eigenvalue weighted by Gasteiger charge is 2.26. The number of carbonyl (C=O) groups excluding carboxylic acids is 2. The van der Waals surface area contributed by atoms with Crippen LogP contribution in [-0.2, 0) is 14.3 Å². The van der Waals surface area contributed by atoms with Gasteiger partial charge in [-0.3, -0.25) is 4.79 Å². The summed E-state index contributed by atoms with van der Waals surface area (Å²) in [5.41, 5.74) is 5.24. The van der Waals surface area contributed by atoms with E-state index in [1.807, 2.05) is 13.8 Å². The minimum atomic E-state index is -0.694. The standard InChI is InChI=1S/C13H26N2O4/c1-8(9(2)10(14)11(16)18-6)7-15-12(17)19-13(3,4)5/h8-10H,7,14H2,1-6H3,(H,15,17). The van der Waals surface area contributed by atoms with Crippen molar-refractivity contribution in [2.24, 2.45) is 17.6 Å². The fraction of sp³-hybridized carbons (Fsp3) is 0.846. The summed E-state index contributed by atoms with van der Waals surface area (Å²) < 4.78 is 9.72. The van der Waals surface area contributed by atoms with E-state index in [4.69, 9.17) is 10.5 Å². The molecule has 6 nitrogen and oxygen atoms in total. The van der Waals surface area contributed by atoms with Crippen molar-refractivity contribution >= 4 is 12.1 Å². The Kier molecular flexibility index (Phi) is 6.83. The highest BCUT2D eigenvalue weighted by atomic mass is 16.6. The van der Waals surface area contributed by atoms with Gasteiger partial charge in [0.2, 0.25) is 0 Å². The van der Waals surface area contributed by atoms with Gasteiger partial charge in [-0.1, -0.05) is 13.8 Å². The summed E-state index contributed by atoms with van der Waals surface area (Å²) in [7, 11) is 1.30. The molecule has 1 amide bonds. The molecule has 0 spiro atoms. The summed E-state index contributed by atoms with van der Waals surface area (Å²) >= 11 is 0. The fourth-order valence-electron chi connectivity index (χ4n) is 1.45. The summed E-state index contributed by atoms with van der Waals surface area (Å²) in [5.74, 6) is -0.527. The molecule has 3 unspecified atom stereocenters. The van der Waals surface area contributed by atoms with E-state index in [0.717, 1.165) is 0 Å². The van der Waals surface area contributed by atoms with Crippen molar-refractivity contribution in [3.05, 3.63) is 0 Å². The number of carbonyl (C=O) groups is 2. The molecule has 0 aliphatic carbocycles. The van der Waals surface area contributed by atoms with Crippen molar-refractivity contribution in [1.29, 1.82) is 0 Å². The number of methoxy groups -OCH3 is 1. The first-order chi connectivity index (χ1) is 8.58. The van der Waals surface area contributed by atoms with Gasteiger partial charge in [0.25, 0.3) is 0 Å². The van der Waals surface area contributed by atoms with Gasteiger partial charge < -0.3 is 20.5 Å². The van der Waals surface area contributed by atoms with Crippen LogP contribution < -0.4 is 11.1 Å². The van der Waals surface area contributed by atoms with Crippen molar-refractivity contribution in [3.8, 4) is 0 Å². The predicted molar refractivity (Wildman–Crippen MR) is 72.6 cm³/mol. The van der Waals surface area contributed by atoms with Crippen LogP contribution >= 0.6 is 0 Å². The lowest BCUT2D eigenvalue weighted by Gasteiger charge is -2.25. The van der Waals surface area contributed by atoms with E-state index in [1.54, 1.807) is 20.8 Å². The Bertz CT molecular complexity index is 312. The summed E-state index contributed by atoms with van der Waals surface area (Å²) in [4.78, 5) is 22.8. The molecule has 0 rings (SSSR count). The van der Waals surface area contributed by atoms with Crippen LogP contribution in [-0.4, -0.2) is 37.4 Å². The maximum absolute atomic E-state index is 11.5. The van der Waals surface area contributed by atoms with Gasteiger partial charge in [0, 0.05) is 6.54 Å². The summed E-state index contributed by atoms with van der Waals surface area (Å²) in [6.07, 6.45) is -0.474. The van der Waals surface area contributed by atoms with E-state index in [2.05, 4.69) is 10.1 Å². The summed E-state index contributed by atoms with van der Waals surface area (Å²) in [6.45, 7) is 9.54. The molecule has 0 saturated carbocycles. The van der Waals surface area contributed by atoms with E-state index in [0.29, 0.717) is 6.54 Å². The molecule has 6 heteroatoms. The van der Waals surface area contributed by atoms with Crippen LogP contribution in [0.2, 0.25) is 0 Å². The molecule has 19 heavy (non-hydrogen) atoms. The Hall–Kier alpha value is -1.30. The monoisotopic (exact) mass is 274 g/mol. The molecule has 0 heterocycles. The van der Waals surface area contributed by atoms with Gasteiger partial charge in [-0.15, -0.1) is 0 Å². The highest BCUT2D eigenvalue weighted by Crippen LogP contribution is 2.14. The number of hydrogen-bond donors (Lipinski definition) is 2. The van der Waals surface area contributed by atoms with Crippen molar-refractivity contribution in [3.63, 3.8) is 0 Å². The van der Waals surface area contributed by atoms with Gasteiger partial charge in [-0.25, -0.2) is 4.79 Å². The molecule has 0 aromatic carbocycles. The third-order valence-corrected chi connectivity index (χ3v) is 2.90. The van der Waals surface area contributed by atoms with Gasteiger partial charge in [0.15, 0.2) is 0 Å². The van der Waals surface area contributed by atoms with E-state index in [-0.39, 0.29) is 11.8 Å². The maximum atomic E-state index is 11.5. The Morgan fingerprint density at radius 2 is 1.79 bits per heavy atom. The van der Waals surface area contributed by atoms with E-state index >= 15 is 0 Å². The highest BCUT2D eigenvalue weighted by molar-refractivity contribution is 5.75. The first kappa shape index (κ1) is 17.7. The lowest BCUT2D eigenvalue weighted by Crippen LogP contribution is -2.44. The van der Waals surface area contributed by atoms with E-state index in [9.17, 15) is 9.59 Å². The molecule has 0 aliphatic heterocycles. The quantitative estimate of drug-likeness (QED) is 0.737. The molecule has 0 bridgehead atoms. The summed E-state index contributed by atoms with van der Waals surface area (Å²) in [6, 6.07) is -0.694. The van der Waals surface area contributed by atoms with Crippen LogP contribution in [0.3, 0.4) is 0 Å².